The molecule has 2 heterocycles. The molecule has 0 aliphatic carbocycles. The van der Waals surface area contributed by atoms with Gasteiger partial charge in [-0.3, -0.25) is 14.2 Å². The maximum atomic E-state index is 12.5. The molecule has 0 saturated heterocycles. The molecular weight excluding hydrogens is 290 g/mol. The first-order chi connectivity index (χ1) is 9.71. The lowest BCUT2D eigenvalue weighted by Crippen LogP contribution is -2.45. The molecule has 0 fully saturated rings. The van der Waals surface area contributed by atoms with E-state index >= 15 is 0 Å². The molecule has 0 aromatic carbocycles. The number of aromatic nitrogens is 4. The number of nitrogens with zero attached hydrogens (tertiary/aromatic N) is 4. The Morgan fingerprint density at radius 1 is 1.43 bits per heavy atom. The number of carbonyl (C=O) groups excluding carboxylic acids is 1. The second kappa shape index (κ2) is 5.52. The molecule has 1 N–H and O–H groups in total. The second-order valence-corrected chi connectivity index (χ2v) is 6.14. The zero-order valence-electron chi connectivity index (χ0n) is 12.9. The lowest BCUT2D eigenvalue weighted by Gasteiger charge is -2.26. The third kappa shape index (κ3) is 3.10. The molecule has 114 valence electrons. The van der Waals surface area contributed by atoms with Crippen molar-refractivity contribution in [2.75, 3.05) is 0 Å². The minimum Gasteiger partial charge on any atom is -0.347 e. The zero-order valence-corrected chi connectivity index (χ0v) is 13.6. The maximum Gasteiger partial charge on any atom is 0.247 e. The predicted molar refractivity (Wildman–Crippen MR) is 81.1 cm³/mol. The number of nitrogens with one attached hydrogen (secondary N) is 1. The summed E-state index contributed by atoms with van der Waals surface area (Å²) in [6.45, 7) is 7.47. The Bertz CT molecular complexity index is 658. The SMILES string of the molecule is Cc1nn(C)cc1C(C)NC(=O)C(C)(C)n1cc(Cl)cn1. The van der Waals surface area contributed by atoms with Crippen LogP contribution in [0.1, 0.15) is 38.1 Å². The summed E-state index contributed by atoms with van der Waals surface area (Å²) >= 11 is 5.87. The molecule has 2 aromatic heterocycles. The van der Waals surface area contributed by atoms with Crippen LogP contribution in [0.3, 0.4) is 0 Å². The normalized spacial score (nSPS) is 13.2. The third-order valence-corrected chi connectivity index (χ3v) is 3.74. The van der Waals surface area contributed by atoms with Crippen LogP contribution in [0, 0.1) is 6.92 Å². The van der Waals surface area contributed by atoms with Gasteiger partial charge in [-0.05, 0) is 27.7 Å². The fraction of sp³-hybridized carbons (Fsp3) is 0.500. The van der Waals surface area contributed by atoms with Crippen molar-refractivity contribution >= 4 is 17.5 Å². The number of hydrogen-bond acceptors (Lipinski definition) is 3. The Balaban J connectivity index is 2.15. The van der Waals surface area contributed by atoms with Crippen molar-refractivity contribution in [2.24, 2.45) is 7.05 Å². The zero-order chi connectivity index (χ0) is 15.8. The van der Waals surface area contributed by atoms with Crippen LogP contribution in [-0.2, 0) is 17.4 Å². The first kappa shape index (κ1) is 15.6. The van der Waals surface area contributed by atoms with Crippen LogP contribution in [-0.4, -0.2) is 25.5 Å². The van der Waals surface area contributed by atoms with E-state index in [2.05, 4.69) is 15.5 Å². The summed E-state index contributed by atoms with van der Waals surface area (Å²) in [5.41, 5.74) is 1.09. The van der Waals surface area contributed by atoms with Gasteiger partial charge >= 0.3 is 0 Å². The van der Waals surface area contributed by atoms with Crippen molar-refractivity contribution < 1.29 is 4.79 Å². The van der Waals surface area contributed by atoms with Crippen molar-refractivity contribution in [3.63, 3.8) is 0 Å². The van der Waals surface area contributed by atoms with E-state index < -0.39 is 5.54 Å². The Kier molecular flexibility index (Phi) is 4.09. The molecule has 0 bridgehead atoms. The number of rotatable bonds is 4. The highest BCUT2D eigenvalue weighted by molar-refractivity contribution is 6.30. The molecule has 1 unspecified atom stereocenters. The molecule has 2 aromatic rings. The molecule has 0 saturated carbocycles. The second-order valence-electron chi connectivity index (χ2n) is 5.70. The standard InChI is InChI=1S/C14H20ClN5O/c1-9(12-8-19(5)18-10(12)2)17-13(21)14(3,4)20-7-11(15)6-16-20/h6-9H,1-5H3,(H,17,21). The average molecular weight is 310 g/mol. The summed E-state index contributed by atoms with van der Waals surface area (Å²) in [6.07, 6.45) is 5.07. The quantitative estimate of drug-likeness (QED) is 0.941. The van der Waals surface area contributed by atoms with Gasteiger partial charge in [-0.1, -0.05) is 11.6 Å². The highest BCUT2D eigenvalue weighted by Gasteiger charge is 2.32. The van der Waals surface area contributed by atoms with E-state index in [4.69, 9.17) is 11.6 Å². The Morgan fingerprint density at radius 2 is 2.10 bits per heavy atom. The Morgan fingerprint density at radius 3 is 2.57 bits per heavy atom. The molecule has 6 nitrogen and oxygen atoms in total. The van der Waals surface area contributed by atoms with E-state index in [1.165, 1.54) is 6.20 Å². The first-order valence-electron chi connectivity index (χ1n) is 6.73. The topological polar surface area (TPSA) is 64.7 Å². The minimum atomic E-state index is -0.822. The van der Waals surface area contributed by atoms with E-state index in [0.717, 1.165) is 11.3 Å². The van der Waals surface area contributed by atoms with E-state index in [9.17, 15) is 4.79 Å². The van der Waals surface area contributed by atoms with E-state index in [0.29, 0.717) is 5.02 Å². The van der Waals surface area contributed by atoms with Gasteiger partial charge in [0.05, 0.1) is 23.0 Å². The molecule has 2 rings (SSSR count). The smallest absolute Gasteiger partial charge is 0.247 e. The summed E-state index contributed by atoms with van der Waals surface area (Å²) in [4.78, 5) is 12.5. The van der Waals surface area contributed by atoms with Crippen LogP contribution in [0.25, 0.3) is 0 Å². The molecule has 0 aliphatic heterocycles. The lowest BCUT2D eigenvalue weighted by molar-refractivity contribution is -0.129. The number of hydrogen-bond donors (Lipinski definition) is 1. The molecule has 1 amide bonds. The van der Waals surface area contributed by atoms with Gasteiger partial charge < -0.3 is 5.32 Å². The van der Waals surface area contributed by atoms with Crippen molar-refractivity contribution in [2.45, 2.75) is 39.3 Å². The fourth-order valence-corrected chi connectivity index (χ4v) is 2.34. The molecule has 0 spiro atoms. The van der Waals surface area contributed by atoms with Crippen LogP contribution >= 0.6 is 11.6 Å². The minimum absolute atomic E-state index is 0.127. The Hall–Kier alpha value is -1.82. The fourth-order valence-electron chi connectivity index (χ4n) is 2.20. The van der Waals surface area contributed by atoms with Gasteiger partial charge in [-0.2, -0.15) is 10.2 Å². The average Bonchev–Trinajstić information content (AvgIpc) is 2.95. The van der Waals surface area contributed by atoms with E-state index in [1.54, 1.807) is 29.4 Å². The number of carbonyl (C=O) groups is 1. The summed E-state index contributed by atoms with van der Waals surface area (Å²) in [5.74, 6) is -0.127. The highest BCUT2D eigenvalue weighted by Crippen LogP contribution is 2.21. The van der Waals surface area contributed by atoms with Crippen LogP contribution in [0.2, 0.25) is 5.02 Å². The van der Waals surface area contributed by atoms with Crippen molar-refractivity contribution in [3.8, 4) is 0 Å². The maximum absolute atomic E-state index is 12.5. The summed E-state index contributed by atoms with van der Waals surface area (Å²) in [6, 6.07) is -0.128. The van der Waals surface area contributed by atoms with E-state index in [1.807, 2.05) is 27.1 Å². The summed E-state index contributed by atoms with van der Waals surface area (Å²) in [7, 11) is 1.86. The van der Waals surface area contributed by atoms with Gasteiger partial charge in [-0.25, -0.2) is 0 Å². The van der Waals surface area contributed by atoms with Crippen molar-refractivity contribution in [3.05, 3.63) is 34.9 Å². The number of halogens is 1. The molecule has 0 radical (unpaired) electrons. The van der Waals surface area contributed by atoms with Gasteiger partial charge in [0.1, 0.15) is 5.54 Å². The third-order valence-electron chi connectivity index (χ3n) is 3.55. The Labute approximate surface area is 129 Å². The van der Waals surface area contributed by atoms with Crippen LogP contribution in [0.4, 0.5) is 0 Å². The van der Waals surface area contributed by atoms with Crippen LogP contribution in [0.5, 0.6) is 0 Å². The van der Waals surface area contributed by atoms with Crippen LogP contribution < -0.4 is 5.32 Å². The number of amides is 1. The monoisotopic (exact) mass is 309 g/mol. The van der Waals surface area contributed by atoms with Gasteiger partial charge in [0, 0.05) is 25.0 Å². The van der Waals surface area contributed by atoms with Gasteiger partial charge in [0.2, 0.25) is 5.91 Å². The molecular formula is C14H20ClN5O. The summed E-state index contributed by atoms with van der Waals surface area (Å²) < 4.78 is 3.30. The molecule has 21 heavy (non-hydrogen) atoms. The summed E-state index contributed by atoms with van der Waals surface area (Å²) in [5, 5.41) is 11.9. The largest absolute Gasteiger partial charge is 0.347 e. The highest BCUT2D eigenvalue weighted by atomic mass is 35.5. The predicted octanol–water partition coefficient (Wildman–Crippen LogP) is 2.19. The van der Waals surface area contributed by atoms with E-state index in [-0.39, 0.29) is 11.9 Å². The van der Waals surface area contributed by atoms with Crippen molar-refractivity contribution in [1.29, 1.82) is 0 Å². The molecule has 1 atom stereocenters. The molecule has 0 aliphatic rings. The van der Waals surface area contributed by atoms with Crippen molar-refractivity contribution in [1.82, 2.24) is 24.9 Å². The first-order valence-corrected chi connectivity index (χ1v) is 7.11. The van der Waals surface area contributed by atoms with Gasteiger partial charge in [0.15, 0.2) is 0 Å². The number of aryl methyl sites for hydroxylation is 2. The lowest BCUT2D eigenvalue weighted by atomic mass is 10.0. The van der Waals surface area contributed by atoms with Gasteiger partial charge in [-0.15, -0.1) is 0 Å². The van der Waals surface area contributed by atoms with Gasteiger partial charge in [0.25, 0.3) is 0 Å². The molecule has 7 heteroatoms. The van der Waals surface area contributed by atoms with Crippen LogP contribution in [0.15, 0.2) is 18.6 Å².